The van der Waals surface area contributed by atoms with E-state index in [1.165, 1.54) is 26.1 Å². The van der Waals surface area contributed by atoms with Crippen LogP contribution in [0.25, 0.3) is 0 Å². The third kappa shape index (κ3) is 7.01. The average Bonchev–Trinajstić information content (AvgIpc) is 2.68. The van der Waals surface area contributed by atoms with Crippen molar-refractivity contribution in [2.45, 2.75) is 19.4 Å². The summed E-state index contributed by atoms with van der Waals surface area (Å²) < 4.78 is 45.7. The summed E-state index contributed by atoms with van der Waals surface area (Å²) in [4.78, 5) is 25.6. The predicted molar refractivity (Wildman–Crippen MR) is 101 cm³/mol. The number of amides is 2. The van der Waals surface area contributed by atoms with Gasteiger partial charge in [0.15, 0.2) is 6.10 Å². The average molecular weight is 421 g/mol. The van der Waals surface area contributed by atoms with Gasteiger partial charge in [0.1, 0.15) is 11.5 Å². The van der Waals surface area contributed by atoms with Gasteiger partial charge >= 0.3 is 6.36 Å². The zero-order valence-corrected chi connectivity index (χ0v) is 16.1. The van der Waals surface area contributed by atoms with Gasteiger partial charge in [-0.25, -0.2) is 0 Å². The largest absolute Gasteiger partial charge is 0.573 e. The number of nitrogens with zero attached hydrogens (tertiary/aromatic N) is 2. The van der Waals surface area contributed by atoms with Gasteiger partial charge in [-0.1, -0.05) is 0 Å². The Labute approximate surface area is 170 Å². The van der Waals surface area contributed by atoms with E-state index in [9.17, 15) is 22.8 Å². The summed E-state index contributed by atoms with van der Waals surface area (Å²) in [6.45, 7) is 1.23. The maximum Gasteiger partial charge on any atom is 0.573 e. The molecule has 10 heteroatoms. The van der Waals surface area contributed by atoms with E-state index >= 15 is 0 Å². The molecule has 2 amide bonds. The fraction of sp³-hybridized carbons (Fsp3) is 0.250. The number of carbonyl (C=O) groups excluding carboxylic acids is 2. The second-order valence-electron chi connectivity index (χ2n) is 6.21. The molecule has 0 heterocycles. The Morgan fingerprint density at radius 2 is 1.67 bits per heavy atom. The standard InChI is InChI=1S/C20H18F3N3O4/c1-13(29-16-7-3-14(11-24)4-8-16)19(28)26(2)12-18(27)25-15-5-9-17(10-6-15)30-20(21,22)23/h3-10,13H,12H2,1-2H3,(H,25,27)/t13-/m0/s1. The van der Waals surface area contributed by atoms with Crippen molar-refractivity contribution in [3.63, 3.8) is 0 Å². The van der Waals surface area contributed by atoms with E-state index in [1.54, 1.807) is 24.3 Å². The number of halogens is 3. The van der Waals surface area contributed by atoms with Gasteiger partial charge in [0.2, 0.25) is 5.91 Å². The lowest BCUT2D eigenvalue weighted by atomic mass is 10.2. The second-order valence-corrected chi connectivity index (χ2v) is 6.21. The molecule has 0 aliphatic rings. The lowest BCUT2D eigenvalue weighted by Crippen LogP contribution is -2.41. The van der Waals surface area contributed by atoms with Crippen molar-refractivity contribution < 1.29 is 32.2 Å². The number of nitrogens with one attached hydrogen (secondary N) is 1. The molecule has 2 aromatic carbocycles. The van der Waals surface area contributed by atoms with Gasteiger partial charge in [0.25, 0.3) is 5.91 Å². The maximum absolute atomic E-state index is 12.4. The smallest absolute Gasteiger partial charge is 0.481 e. The summed E-state index contributed by atoms with van der Waals surface area (Å²) in [5.41, 5.74) is 0.699. The SMILES string of the molecule is C[C@H](Oc1ccc(C#N)cc1)C(=O)N(C)CC(=O)Nc1ccc(OC(F)(F)F)cc1. The molecule has 0 fully saturated rings. The lowest BCUT2D eigenvalue weighted by molar-refractivity contribution is -0.274. The normalized spacial score (nSPS) is 11.7. The van der Waals surface area contributed by atoms with E-state index in [0.717, 1.165) is 17.0 Å². The molecule has 0 spiro atoms. The molecule has 0 aliphatic carbocycles. The molecule has 0 unspecified atom stereocenters. The van der Waals surface area contributed by atoms with Gasteiger partial charge in [-0.15, -0.1) is 13.2 Å². The van der Waals surface area contributed by atoms with E-state index < -0.39 is 30.0 Å². The van der Waals surface area contributed by atoms with Gasteiger partial charge in [-0.3, -0.25) is 9.59 Å². The number of nitriles is 1. The van der Waals surface area contributed by atoms with E-state index in [4.69, 9.17) is 10.00 Å². The maximum atomic E-state index is 12.4. The third-order valence-corrected chi connectivity index (χ3v) is 3.77. The molecule has 0 saturated heterocycles. The second kappa shape index (κ2) is 9.65. The number of rotatable bonds is 7. The van der Waals surface area contributed by atoms with Gasteiger partial charge < -0.3 is 19.7 Å². The van der Waals surface area contributed by atoms with Gasteiger partial charge in [0, 0.05) is 12.7 Å². The minimum Gasteiger partial charge on any atom is -0.481 e. The highest BCUT2D eigenvalue weighted by Gasteiger charge is 2.31. The van der Waals surface area contributed by atoms with Crippen molar-refractivity contribution in [1.82, 2.24) is 4.90 Å². The van der Waals surface area contributed by atoms with Gasteiger partial charge in [0.05, 0.1) is 18.2 Å². The van der Waals surface area contributed by atoms with Crippen LogP contribution in [0.3, 0.4) is 0 Å². The molecule has 2 rings (SSSR count). The number of carbonyl (C=O) groups is 2. The fourth-order valence-corrected chi connectivity index (χ4v) is 2.41. The van der Waals surface area contributed by atoms with Crippen molar-refractivity contribution in [2.24, 2.45) is 0 Å². The zero-order chi connectivity index (χ0) is 22.3. The molecule has 7 nitrogen and oxygen atoms in total. The molecule has 1 N–H and O–H groups in total. The van der Waals surface area contributed by atoms with E-state index in [0.29, 0.717) is 11.3 Å². The van der Waals surface area contributed by atoms with Crippen molar-refractivity contribution in [3.05, 3.63) is 54.1 Å². The summed E-state index contributed by atoms with van der Waals surface area (Å²) in [5.74, 6) is -1.01. The summed E-state index contributed by atoms with van der Waals surface area (Å²) in [6, 6.07) is 12.8. The number of benzene rings is 2. The predicted octanol–water partition coefficient (Wildman–Crippen LogP) is 3.32. The number of hydrogen-bond acceptors (Lipinski definition) is 5. The molecule has 2 aromatic rings. The molecular weight excluding hydrogens is 403 g/mol. The summed E-state index contributed by atoms with van der Waals surface area (Å²) in [7, 11) is 1.42. The molecule has 30 heavy (non-hydrogen) atoms. The van der Waals surface area contributed by atoms with Crippen LogP contribution in [0, 0.1) is 11.3 Å². The van der Waals surface area contributed by atoms with Crippen LogP contribution in [-0.4, -0.2) is 42.8 Å². The Morgan fingerprint density at radius 3 is 2.20 bits per heavy atom. The van der Waals surface area contributed by atoms with E-state index in [1.807, 2.05) is 6.07 Å². The molecule has 0 radical (unpaired) electrons. The summed E-state index contributed by atoms with van der Waals surface area (Å²) in [6.07, 6.45) is -5.68. The minimum atomic E-state index is -4.80. The van der Waals surface area contributed by atoms with Crippen LogP contribution in [0.1, 0.15) is 12.5 Å². The third-order valence-electron chi connectivity index (χ3n) is 3.77. The highest BCUT2D eigenvalue weighted by Crippen LogP contribution is 2.24. The minimum absolute atomic E-state index is 0.247. The first-order valence-corrected chi connectivity index (χ1v) is 8.65. The van der Waals surface area contributed by atoms with Crippen molar-refractivity contribution in [3.8, 4) is 17.6 Å². The first-order chi connectivity index (χ1) is 14.1. The van der Waals surface area contributed by atoms with Crippen LogP contribution in [0.15, 0.2) is 48.5 Å². The Hall–Kier alpha value is -3.74. The Morgan fingerprint density at radius 1 is 1.10 bits per heavy atom. The highest BCUT2D eigenvalue weighted by atomic mass is 19.4. The Bertz CT molecular complexity index is 922. The van der Waals surface area contributed by atoms with Crippen molar-refractivity contribution in [2.75, 3.05) is 18.9 Å². The van der Waals surface area contributed by atoms with Gasteiger partial charge in [-0.05, 0) is 55.5 Å². The van der Waals surface area contributed by atoms with Crippen molar-refractivity contribution in [1.29, 1.82) is 5.26 Å². The molecule has 0 aliphatic heterocycles. The quantitative estimate of drug-likeness (QED) is 0.741. The van der Waals surface area contributed by atoms with Crippen LogP contribution in [0.4, 0.5) is 18.9 Å². The van der Waals surface area contributed by atoms with Crippen LogP contribution < -0.4 is 14.8 Å². The van der Waals surface area contributed by atoms with Gasteiger partial charge in [-0.2, -0.15) is 5.26 Å². The topological polar surface area (TPSA) is 91.7 Å². The van der Waals surface area contributed by atoms with Crippen LogP contribution in [0.5, 0.6) is 11.5 Å². The lowest BCUT2D eigenvalue weighted by Gasteiger charge is -2.21. The van der Waals surface area contributed by atoms with Crippen LogP contribution >= 0.6 is 0 Å². The van der Waals surface area contributed by atoms with Crippen LogP contribution in [0.2, 0.25) is 0 Å². The van der Waals surface area contributed by atoms with Crippen molar-refractivity contribution >= 4 is 17.5 Å². The fourth-order valence-electron chi connectivity index (χ4n) is 2.41. The monoisotopic (exact) mass is 421 g/mol. The number of anilines is 1. The molecule has 0 bridgehead atoms. The summed E-state index contributed by atoms with van der Waals surface area (Å²) in [5, 5.41) is 11.3. The van der Waals surface area contributed by atoms with Crippen LogP contribution in [-0.2, 0) is 9.59 Å². The zero-order valence-electron chi connectivity index (χ0n) is 16.1. The molecule has 0 saturated carbocycles. The summed E-state index contributed by atoms with van der Waals surface area (Å²) >= 11 is 0. The molecule has 1 atom stereocenters. The number of alkyl halides is 3. The first-order valence-electron chi connectivity index (χ1n) is 8.65. The number of ether oxygens (including phenoxy) is 2. The Kier molecular flexibility index (Phi) is 7.25. The molecular formula is C20H18F3N3O4. The van der Waals surface area contributed by atoms with E-state index in [-0.39, 0.29) is 12.2 Å². The van der Waals surface area contributed by atoms with E-state index in [2.05, 4.69) is 10.1 Å². The Balaban J connectivity index is 1.86. The first kappa shape index (κ1) is 22.5. The number of hydrogen-bond donors (Lipinski definition) is 1. The highest BCUT2D eigenvalue weighted by molar-refractivity contribution is 5.95. The number of likely N-dealkylation sites (N-methyl/N-ethyl adjacent to an activating group) is 1. The molecule has 158 valence electrons. The molecule has 0 aromatic heterocycles.